The molecule has 1 unspecified atom stereocenters. The summed E-state index contributed by atoms with van der Waals surface area (Å²) >= 11 is 0. The summed E-state index contributed by atoms with van der Waals surface area (Å²) < 4.78 is 26.8. The zero-order chi connectivity index (χ0) is 12.0. The van der Waals surface area contributed by atoms with Crippen molar-refractivity contribution in [2.75, 3.05) is 19.7 Å². The zero-order valence-electron chi connectivity index (χ0n) is 8.92. The van der Waals surface area contributed by atoms with Crippen LogP contribution in [0.25, 0.3) is 0 Å². The fraction of sp³-hybridized carbons (Fsp3) is 0.455. The highest BCUT2D eigenvalue weighted by atomic mass is 19.1. The molecule has 1 aromatic rings. The maximum atomic E-state index is 13.4. The Hall–Kier alpha value is -1.04. The van der Waals surface area contributed by atoms with E-state index in [1.807, 2.05) is 0 Å². The minimum Gasteiger partial charge on any atom is -0.396 e. The van der Waals surface area contributed by atoms with Crippen LogP contribution in [0.2, 0.25) is 0 Å². The summed E-state index contributed by atoms with van der Waals surface area (Å²) in [7, 11) is 0. The van der Waals surface area contributed by atoms with Crippen molar-refractivity contribution in [3.8, 4) is 0 Å². The van der Waals surface area contributed by atoms with Crippen LogP contribution in [0.5, 0.6) is 0 Å². The van der Waals surface area contributed by atoms with Gasteiger partial charge in [0.25, 0.3) is 0 Å². The first-order valence-electron chi connectivity index (χ1n) is 5.19. The molecule has 90 valence electrons. The van der Waals surface area contributed by atoms with E-state index in [4.69, 9.17) is 10.8 Å². The van der Waals surface area contributed by atoms with Gasteiger partial charge in [-0.15, -0.1) is 0 Å². The maximum Gasteiger partial charge on any atom is 0.130 e. The molecular weight excluding hydrogens is 214 g/mol. The molecule has 0 radical (unpaired) electrons. The second-order valence-electron chi connectivity index (χ2n) is 3.45. The highest BCUT2D eigenvalue weighted by Crippen LogP contribution is 2.19. The lowest BCUT2D eigenvalue weighted by Crippen LogP contribution is -2.31. The van der Waals surface area contributed by atoms with Crippen molar-refractivity contribution in [2.45, 2.75) is 12.5 Å². The van der Waals surface area contributed by atoms with Crippen LogP contribution in [0.4, 0.5) is 8.78 Å². The molecule has 0 saturated carbocycles. The number of aliphatic hydroxyl groups is 1. The average molecular weight is 230 g/mol. The van der Waals surface area contributed by atoms with Crippen molar-refractivity contribution in [1.29, 1.82) is 0 Å². The van der Waals surface area contributed by atoms with Crippen molar-refractivity contribution in [3.63, 3.8) is 0 Å². The number of nitrogens with one attached hydrogen (secondary N) is 1. The number of aliphatic hydroxyl groups excluding tert-OH is 1. The van der Waals surface area contributed by atoms with Gasteiger partial charge < -0.3 is 16.2 Å². The Kier molecular flexibility index (Phi) is 5.31. The summed E-state index contributed by atoms with van der Waals surface area (Å²) in [6.45, 7) is 0.597. The van der Waals surface area contributed by atoms with Crippen LogP contribution in [-0.4, -0.2) is 24.8 Å². The van der Waals surface area contributed by atoms with Gasteiger partial charge in [0.1, 0.15) is 11.6 Å². The Morgan fingerprint density at radius 3 is 2.44 bits per heavy atom. The molecule has 0 heterocycles. The first-order chi connectivity index (χ1) is 7.70. The van der Waals surface area contributed by atoms with Gasteiger partial charge in [0.15, 0.2) is 0 Å². The number of hydrogen-bond donors (Lipinski definition) is 3. The SMILES string of the molecule is NCC(NCCCO)c1c(F)cccc1F. The van der Waals surface area contributed by atoms with Crippen LogP contribution in [0, 0.1) is 11.6 Å². The Bertz CT molecular complexity index is 314. The van der Waals surface area contributed by atoms with Crippen molar-refractivity contribution < 1.29 is 13.9 Å². The topological polar surface area (TPSA) is 58.3 Å². The van der Waals surface area contributed by atoms with Crippen LogP contribution in [-0.2, 0) is 0 Å². The van der Waals surface area contributed by atoms with Crippen LogP contribution in [0.3, 0.4) is 0 Å². The quantitative estimate of drug-likeness (QED) is 0.637. The predicted octanol–water partition coefficient (Wildman–Crippen LogP) is 0.937. The molecule has 0 aliphatic heterocycles. The normalized spacial score (nSPS) is 12.8. The Balaban J connectivity index is 2.78. The van der Waals surface area contributed by atoms with Crippen LogP contribution < -0.4 is 11.1 Å². The van der Waals surface area contributed by atoms with Gasteiger partial charge in [-0.25, -0.2) is 8.78 Å². The Morgan fingerprint density at radius 1 is 1.31 bits per heavy atom. The van der Waals surface area contributed by atoms with Crippen LogP contribution in [0.15, 0.2) is 18.2 Å². The number of hydrogen-bond acceptors (Lipinski definition) is 3. The first-order valence-corrected chi connectivity index (χ1v) is 5.19. The summed E-state index contributed by atoms with van der Waals surface area (Å²) in [5.74, 6) is -1.21. The highest BCUT2D eigenvalue weighted by molar-refractivity contribution is 5.23. The highest BCUT2D eigenvalue weighted by Gasteiger charge is 2.17. The molecule has 0 aliphatic carbocycles. The predicted molar refractivity (Wildman–Crippen MR) is 57.9 cm³/mol. The fourth-order valence-electron chi connectivity index (χ4n) is 1.50. The lowest BCUT2D eigenvalue weighted by atomic mass is 10.1. The molecule has 3 nitrogen and oxygen atoms in total. The minimum atomic E-state index is -0.605. The van der Waals surface area contributed by atoms with E-state index in [1.165, 1.54) is 18.2 Å². The summed E-state index contributed by atoms with van der Waals surface area (Å²) in [5, 5.41) is 11.5. The van der Waals surface area contributed by atoms with E-state index in [1.54, 1.807) is 0 Å². The van der Waals surface area contributed by atoms with Crippen LogP contribution in [0.1, 0.15) is 18.0 Å². The zero-order valence-corrected chi connectivity index (χ0v) is 8.92. The molecule has 1 rings (SSSR count). The van der Waals surface area contributed by atoms with E-state index < -0.39 is 17.7 Å². The molecule has 4 N–H and O–H groups in total. The molecule has 1 atom stereocenters. The molecule has 16 heavy (non-hydrogen) atoms. The molecule has 1 aromatic carbocycles. The molecule has 0 fully saturated rings. The first kappa shape index (κ1) is 13.0. The van der Waals surface area contributed by atoms with E-state index in [9.17, 15) is 8.78 Å². The fourth-order valence-corrected chi connectivity index (χ4v) is 1.50. The van der Waals surface area contributed by atoms with E-state index in [0.717, 1.165) is 0 Å². The molecule has 0 aromatic heterocycles. The van der Waals surface area contributed by atoms with Crippen molar-refractivity contribution in [3.05, 3.63) is 35.4 Å². The van der Waals surface area contributed by atoms with Crippen molar-refractivity contribution in [1.82, 2.24) is 5.32 Å². The summed E-state index contributed by atoms with van der Waals surface area (Å²) in [6.07, 6.45) is 0.520. The standard InChI is InChI=1S/C11H16F2N2O/c12-8-3-1-4-9(13)11(8)10(7-14)15-5-2-6-16/h1,3-4,10,15-16H,2,5-7,14H2. The molecule has 5 heteroatoms. The molecule has 0 spiro atoms. The van der Waals surface area contributed by atoms with Gasteiger partial charge in [0.2, 0.25) is 0 Å². The smallest absolute Gasteiger partial charge is 0.130 e. The van der Waals surface area contributed by atoms with Crippen molar-refractivity contribution in [2.24, 2.45) is 5.73 Å². The van der Waals surface area contributed by atoms with Crippen LogP contribution >= 0.6 is 0 Å². The third-order valence-corrected chi connectivity index (χ3v) is 2.31. The van der Waals surface area contributed by atoms with E-state index in [2.05, 4.69) is 5.32 Å². The summed E-state index contributed by atoms with van der Waals surface area (Å²) in [6, 6.07) is 3.16. The molecule has 0 saturated heterocycles. The average Bonchev–Trinajstić information content (AvgIpc) is 2.26. The number of rotatable bonds is 6. The Morgan fingerprint density at radius 2 is 1.94 bits per heavy atom. The van der Waals surface area contributed by atoms with Gasteiger partial charge in [0.05, 0.1) is 6.04 Å². The van der Waals surface area contributed by atoms with Gasteiger partial charge in [-0.3, -0.25) is 0 Å². The lowest BCUT2D eigenvalue weighted by molar-refractivity contribution is 0.283. The van der Waals surface area contributed by atoms with E-state index in [-0.39, 0.29) is 18.7 Å². The number of nitrogens with two attached hydrogens (primary N) is 1. The lowest BCUT2D eigenvalue weighted by Gasteiger charge is -2.18. The van der Waals surface area contributed by atoms with Gasteiger partial charge in [0, 0.05) is 18.7 Å². The summed E-state index contributed by atoms with van der Waals surface area (Å²) in [4.78, 5) is 0. The van der Waals surface area contributed by atoms with Gasteiger partial charge >= 0.3 is 0 Å². The van der Waals surface area contributed by atoms with Gasteiger partial charge in [-0.2, -0.15) is 0 Å². The van der Waals surface area contributed by atoms with Crippen molar-refractivity contribution >= 4 is 0 Å². The largest absolute Gasteiger partial charge is 0.396 e. The Labute approximate surface area is 93.3 Å². The van der Waals surface area contributed by atoms with E-state index >= 15 is 0 Å². The van der Waals surface area contributed by atoms with E-state index in [0.29, 0.717) is 13.0 Å². The maximum absolute atomic E-state index is 13.4. The summed E-state index contributed by atoms with van der Waals surface area (Å²) in [5.41, 5.74) is 5.43. The second kappa shape index (κ2) is 6.52. The molecule has 0 bridgehead atoms. The second-order valence-corrected chi connectivity index (χ2v) is 3.45. The molecule has 0 amide bonds. The third-order valence-electron chi connectivity index (χ3n) is 2.31. The number of benzene rings is 1. The van der Waals surface area contributed by atoms with Gasteiger partial charge in [-0.1, -0.05) is 6.07 Å². The van der Waals surface area contributed by atoms with Gasteiger partial charge in [-0.05, 0) is 25.1 Å². The molecular formula is C11H16F2N2O. The third kappa shape index (κ3) is 3.23. The molecule has 0 aliphatic rings. The minimum absolute atomic E-state index is 0.0318. The number of halogens is 2. The monoisotopic (exact) mass is 230 g/mol.